The molecule has 1 aromatic heterocycles. The molecule has 19 heavy (non-hydrogen) atoms. The lowest BCUT2D eigenvalue weighted by molar-refractivity contribution is -0.131. The van der Waals surface area contributed by atoms with Crippen LogP contribution in [-0.2, 0) is 20.9 Å². The lowest BCUT2D eigenvalue weighted by Crippen LogP contribution is -2.23. The summed E-state index contributed by atoms with van der Waals surface area (Å²) in [6.45, 7) is 3.30. The smallest absolute Gasteiger partial charge is 0.328 e. The van der Waals surface area contributed by atoms with Crippen molar-refractivity contribution in [2.45, 2.75) is 19.9 Å². The van der Waals surface area contributed by atoms with Gasteiger partial charge in [-0.25, -0.2) is 4.79 Å². The van der Waals surface area contributed by atoms with Crippen LogP contribution in [0.3, 0.4) is 0 Å². The van der Waals surface area contributed by atoms with E-state index in [0.29, 0.717) is 26.2 Å². The monoisotopic (exact) mass is 283 g/mol. The van der Waals surface area contributed by atoms with Crippen LogP contribution < -0.4 is 5.32 Å². The van der Waals surface area contributed by atoms with Crippen molar-refractivity contribution in [1.82, 2.24) is 5.32 Å². The van der Waals surface area contributed by atoms with Crippen LogP contribution >= 0.6 is 11.3 Å². The summed E-state index contributed by atoms with van der Waals surface area (Å²) in [7, 11) is 0. The molecule has 0 spiro atoms. The maximum atomic E-state index is 11.5. The maximum Gasteiger partial charge on any atom is 0.328 e. The molecule has 0 fully saturated rings. The van der Waals surface area contributed by atoms with E-state index in [1.807, 2.05) is 18.4 Å². The van der Waals surface area contributed by atoms with Gasteiger partial charge in [-0.2, -0.15) is 0 Å². The number of hydrogen-bond donors (Lipinski definition) is 2. The lowest BCUT2D eigenvalue weighted by atomic mass is 10.2. The number of hydrogen-bond acceptors (Lipinski definition) is 4. The topological polar surface area (TPSA) is 75.6 Å². The quantitative estimate of drug-likeness (QED) is 0.564. The summed E-state index contributed by atoms with van der Waals surface area (Å²) in [5.74, 6) is -1.06. The van der Waals surface area contributed by atoms with Crippen molar-refractivity contribution in [2.24, 2.45) is 0 Å². The first-order chi connectivity index (χ1) is 9.13. The first-order valence-corrected chi connectivity index (χ1v) is 6.83. The van der Waals surface area contributed by atoms with Gasteiger partial charge in [-0.05, 0) is 30.0 Å². The summed E-state index contributed by atoms with van der Waals surface area (Å²) in [5.41, 5.74) is 0.817. The highest BCUT2D eigenvalue weighted by atomic mass is 32.1. The van der Waals surface area contributed by atoms with E-state index in [9.17, 15) is 9.59 Å². The lowest BCUT2D eigenvalue weighted by Gasteiger charge is -2.05. The molecule has 6 heteroatoms. The van der Waals surface area contributed by atoms with Crippen molar-refractivity contribution in [3.63, 3.8) is 0 Å². The average Bonchev–Trinajstić information content (AvgIpc) is 2.81. The summed E-state index contributed by atoms with van der Waals surface area (Å²) in [6, 6.07) is 1.83. The number of carboxylic acids is 1. The zero-order chi connectivity index (χ0) is 14.1. The number of carboxylic acid groups (broad SMARTS) is 1. The van der Waals surface area contributed by atoms with Crippen molar-refractivity contribution >= 4 is 29.3 Å². The van der Waals surface area contributed by atoms with E-state index in [2.05, 4.69) is 5.32 Å². The predicted octanol–water partition coefficient (Wildman–Crippen LogP) is 1.89. The number of carbonyl (C=O) groups is 2. The van der Waals surface area contributed by atoms with Gasteiger partial charge in [-0.1, -0.05) is 0 Å². The van der Waals surface area contributed by atoms with Gasteiger partial charge in [-0.15, -0.1) is 11.3 Å². The Morgan fingerprint density at radius 1 is 1.53 bits per heavy atom. The van der Waals surface area contributed by atoms with E-state index in [-0.39, 0.29) is 5.91 Å². The largest absolute Gasteiger partial charge is 0.478 e. The minimum atomic E-state index is -0.988. The number of aliphatic carboxylic acids is 1. The molecule has 0 atom stereocenters. The third-order valence-electron chi connectivity index (χ3n) is 2.31. The standard InChI is InChI=1S/C13H17NO4S/c1-2-18-7-5-12(15)14-9-11-10(6-8-19-11)3-4-13(16)17/h3-4,6,8H,2,5,7,9H2,1H3,(H,14,15)(H,16,17). The Labute approximate surface area is 115 Å². The molecule has 104 valence electrons. The van der Waals surface area contributed by atoms with Gasteiger partial charge < -0.3 is 15.2 Å². The third-order valence-corrected chi connectivity index (χ3v) is 3.25. The molecule has 0 saturated heterocycles. The summed E-state index contributed by atoms with van der Waals surface area (Å²) >= 11 is 1.48. The van der Waals surface area contributed by atoms with E-state index in [1.54, 1.807) is 0 Å². The van der Waals surface area contributed by atoms with E-state index < -0.39 is 5.97 Å². The molecule has 0 aliphatic carbocycles. The Bertz CT molecular complexity index is 453. The van der Waals surface area contributed by atoms with Crippen LogP contribution in [0, 0.1) is 0 Å². The van der Waals surface area contributed by atoms with Crippen LogP contribution in [0.1, 0.15) is 23.8 Å². The summed E-state index contributed by atoms with van der Waals surface area (Å²) < 4.78 is 5.10. The Hall–Kier alpha value is -1.66. The fourth-order valence-corrected chi connectivity index (χ4v) is 2.19. The molecular weight excluding hydrogens is 266 g/mol. The second kappa shape index (κ2) is 8.44. The fraction of sp³-hybridized carbons (Fsp3) is 0.385. The second-order valence-corrected chi connectivity index (χ2v) is 4.70. The van der Waals surface area contributed by atoms with Gasteiger partial charge in [0.1, 0.15) is 0 Å². The van der Waals surface area contributed by atoms with Crippen molar-refractivity contribution in [2.75, 3.05) is 13.2 Å². The first kappa shape index (κ1) is 15.4. The molecule has 0 saturated carbocycles. The summed E-state index contributed by atoms with van der Waals surface area (Å²) in [5, 5.41) is 13.2. The SMILES string of the molecule is CCOCCC(=O)NCc1sccc1C=CC(=O)O. The van der Waals surface area contributed by atoms with Gasteiger partial charge in [0.15, 0.2) is 0 Å². The minimum absolute atomic E-state index is 0.0741. The van der Waals surface area contributed by atoms with Gasteiger partial charge in [0.05, 0.1) is 13.2 Å². The number of ether oxygens (including phenoxy) is 1. The van der Waals surface area contributed by atoms with Crippen LogP contribution in [0.2, 0.25) is 0 Å². The molecule has 1 aromatic rings. The highest BCUT2D eigenvalue weighted by molar-refractivity contribution is 7.10. The summed E-state index contributed by atoms with van der Waals surface area (Å²) in [4.78, 5) is 22.9. The summed E-state index contributed by atoms with van der Waals surface area (Å²) in [6.07, 6.45) is 2.95. The van der Waals surface area contributed by atoms with Gasteiger partial charge in [0.25, 0.3) is 0 Å². The van der Waals surface area contributed by atoms with Crippen molar-refractivity contribution < 1.29 is 19.4 Å². The zero-order valence-electron chi connectivity index (χ0n) is 10.7. The van der Waals surface area contributed by atoms with Crippen molar-refractivity contribution in [1.29, 1.82) is 0 Å². The van der Waals surface area contributed by atoms with E-state index in [4.69, 9.17) is 9.84 Å². The predicted molar refractivity (Wildman–Crippen MR) is 73.9 cm³/mol. The number of rotatable bonds is 8. The molecule has 1 heterocycles. The molecule has 2 N–H and O–H groups in total. The Balaban J connectivity index is 2.43. The second-order valence-electron chi connectivity index (χ2n) is 3.69. The molecule has 0 bridgehead atoms. The number of thiophene rings is 1. The molecule has 5 nitrogen and oxygen atoms in total. The molecule has 0 aromatic carbocycles. The van der Waals surface area contributed by atoms with E-state index in [0.717, 1.165) is 16.5 Å². The van der Waals surface area contributed by atoms with Gasteiger partial charge in [0.2, 0.25) is 5.91 Å². The van der Waals surface area contributed by atoms with E-state index in [1.165, 1.54) is 17.4 Å². The van der Waals surface area contributed by atoms with Gasteiger partial charge >= 0.3 is 5.97 Å². The zero-order valence-corrected chi connectivity index (χ0v) is 11.5. The van der Waals surface area contributed by atoms with Crippen LogP contribution in [0.5, 0.6) is 0 Å². The van der Waals surface area contributed by atoms with Crippen molar-refractivity contribution in [3.05, 3.63) is 28.0 Å². The molecule has 0 unspecified atom stereocenters. The van der Waals surface area contributed by atoms with Crippen molar-refractivity contribution in [3.8, 4) is 0 Å². The normalized spacial score (nSPS) is 10.8. The molecule has 1 rings (SSSR count). The molecule has 0 radical (unpaired) electrons. The Morgan fingerprint density at radius 3 is 3.00 bits per heavy atom. The molecular formula is C13H17NO4S. The van der Waals surface area contributed by atoms with Gasteiger partial charge in [0, 0.05) is 24.0 Å². The van der Waals surface area contributed by atoms with E-state index >= 15 is 0 Å². The fourth-order valence-electron chi connectivity index (χ4n) is 1.38. The van der Waals surface area contributed by atoms with Crippen LogP contribution in [-0.4, -0.2) is 30.2 Å². The molecule has 0 aliphatic rings. The Morgan fingerprint density at radius 2 is 2.32 bits per heavy atom. The first-order valence-electron chi connectivity index (χ1n) is 5.95. The maximum absolute atomic E-state index is 11.5. The molecule has 1 amide bonds. The molecule has 0 aliphatic heterocycles. The Kier molecular flexibility index (Phi) is 6.84. The number of nitrogens with one attached hydrogen (secondary N) is 1. The average molecular weight is 283 g/mol. The minimum Gasteiger partial charge on any atom is -0.478 e. The third kappa shape index (κ3) is 6.17. The number of carbonyl (C=O) groups excluding carboxylic acids is 1. The van der Waals surface area contributed by atoms with Crippen LogP contribution in [0.4, 0.5) is 0 Å². The van der Waals surface area contributed by atoms with Crippen LogP contribution in [0.15, 0.2) is 17.5 Å². The van der Waals surface area contributed by atoms with Crippen LogP contribution in [0.25, 0.3) is 6.08 Å². The highest BCUT2D eigenvalue weighted by Gasteiger charge is 2.05. The number of amides is 1. The highest BCUT2D eigenvalue weighted by Crippen LogP contribution is 2.18. The van der Waals surface area contributed by atoms with Gasteiger partial charge in [-0.3, -0.25) is 4.79 Å².